The van der Waals surface area contributed by atoms with Gasteiger partial charge in [0.2, 0.25) is 0 Å². The quantitative estimate of drug-likeness (QED) is 0.0540. The Morgan fingerprint density at radius 3 is 2.06 bits per heavy atom. The summed E-state index contributed by atoms with van der Waals surface area (Å²) in [6, 6.07) is 0. The molecule has 4 aliphatic carbocycles. The highest BCUT2D eigenvalue weighted by molar-refractivity contribution is 7.80. The number of aliphatic hydroxyl groups is 9. The highest BCUT2D eigenvalue weighted by Crippen LogP contribution is 2.78. The predicted octanol–water partition coefficient (Wildman–Crippen LogP) is -0.265. The summed E-state index contributed by atoms with van der Waals surface area (Å²) < 4.78 is 104. The first-order valence-electron chi connectivity index (χ1n) is 28.4. The summed E-state index contributed by atoms with van der Waals surface area (Å²) in [6.07, 6.45) is -23.3. The van der Waals surface area contributed by atoms with Crippen LogP contribution >= 0.6 is 0 Å². The van der Waals surface area contributed by atoms with E-state index in [1.807, 2.05) is 26.8 Å². The van der Waals surface area contributed by atoms with Crippen molar-refractivity contribution in [1.29, 1.82) is 0 Å². The molecule has 0 aromatic rings. The third-order valence-corrected chi connectivity index (χ3v) is 20.9. The summed E-state index contributed by atoms with van der Waals surface area (Å²) in [6.45, 7) is 14.9. The number of esters is 2. The molecule has 26 nitrogen and oxygen atoms in total. The molecule has 27 atom stereocenters. The van der Waals surface area contributed by atoms with Crippen molar-refractivity contribution < 1.29 is 125 Å². The third-order valence-electron chi connectivity index (χ3n) is 20.4. The van der Waals surface area contributed by atoms with Crippen molar-refractivity contribution in [2.45, 2.75) is 248 Å². The zero-order valence-electron chi connectivity index (χ0n) is 48.0. The molecule has 27 heteroatoms. The summed E-state index contributed by atoms with van der Waals surface area (Å²) in [7, 11) is -3.97. The number of rotatable bonds is 16. The van der Waals surface area contributed by atoms with Gasteiger partial charge < -0.3 is 98.1 Å². The molecule has 0 unspecified atom stereocenters. The lowest BCUT2D eigenvalue weighted by Gasteiger charge is -2.64. The zero-order valence-corrected chi connectivity index (χ0v) is 48.9. The largest absolute Gasteiger partial charge is 0.459 e. The Morgan fingerprint density at radius 1 is 0.768 bits per heavy atom. The molecule has 1 spiro atoms. The van der Waals surface area contributed by atoms with E-state index in [0.29, 0.717) is 38.5 Å². The van der Waals surface area contributed by atoms with Gasteiger partial charge in [0.05, 0.1) is 32.0 Å². The van der Waals surface area contributed by atoms with Crippen molar-refractivity contribution in [2.24, 2.45) is 33.5 Å². The topological polar surface area (TPSA) is 381 Å². The standard InChI is InChI=1S/C55H86O26S/c1-24(2)12-11-17-53(9)55(66)34(74-26(4)57)20-52(8)28-13-14-32-50(5,6)33(16-18-51(32,7)27(28)15-19-54(52,55)49(65)80-53)76-48-44(36(60)31(23-72-48)81-82(67,68)69)79-46-38(62)37(61)41(25(3)73-46)77-45-39(63)42(29(58)22-71-45)78-47-40(64)43(70-10)35(59)30(21-56)75-47/h12-13,25,27,29-48,56,58-64,66H,11,14-23H2,1-10H3,(H,67,68,69)/t25-,27+,29-,30-,31-,32+,33+,34+,35-,36+,37-,38-,39-,40-,41-,42+,43+,44-,45+,46+,47+,48+,51-,52+,53+,54-,55+/m1/s1. The minimum atomic E-state index is -5.18. The number of cyclic esters (lactones) is 1. The first-order chi connectivity index (χ1) is 38.2. The molecule has 0 amide bonds. The highest BCUT2D eigenvalue weighted by atomic mass is 32.3. The van der Waals surface area contributed by atoms with E-state index in [1.165, 1.54) is 21.0 Å². The summed E-state index contributed by atoms with van der Waals surface area (Å²) >= 11 is 0. The van der Waals surface area contributed by atoms with E-state index in [4.69, 9.17) is 56.3 Å². The molecule has 5 heterocycles. The van der Waals surface area contributed by atoms with Crippen molar-refractivity contribution in [2.75, 3.05) is 26.9 Å². The number of ether oxygens (including phenoxy) is 11. The number of hydrogen-bond donors (Lipinski definition) is 10. The Morgan fingerprint density at radius 2 is 1.41 bits per heavy atom. The minimum Gasteiger partial charge on any atom is -0.459 e. The molecular formula is C55H86O26S. The molecule has 10 N–H and O–H groups in total. The fraction of sp³-hybridized carbons (Fsp3) is 0.891. The fourth-order valence-electron chi connectivity index (χ4n) is 16.3. The van der Waals surface area contributed by atoms with E-state index in [2.05, 4.69) is 26.8 Å². The highest BCUT2D eigenvalue weighted by Gasteiger charge is 2.87. The monoisotopic (exact) mass is 1190 g/mol. The predicted molar refractivity (Wildman–Crippen MR) is 277 cm³/mol. The van der Waals surface area contributed by atoms with E-state index < -0.39 is 198 Å². The fourth-order valence-corrected chi connectivity index (χ4v) is 16.7. The van der Waals surface area contributed by atoms with Crippen molar-refractivity contribution in [3.63, 3.8) is 0 Å². The second kappa shape index (κ2) is 23.3. The SMILES string of the molecule is CO[C@@H]1[C@@H](O)[C@H](O[C@@H]2[C@@H](O)[C@H](O[C@H]3[C@H](O)[C@@H](O)[C@H](O[C@H]4[C@H](O[C@H]5CC[C@]6(C)[C@H]7CC[C@]89C(=O)O[C@@](C)(CCC=C(C)C)[C@@]8(O)[C@@H](OC(C)=O)C[C@@]9(C)C7=CC[C@H]6C5(C)C)OC[C@@H](OS(=O)(=O)O)[C@@H]4O)O[C@@H]3C)OC[C@H]2O)O[C@H](CO)[C@H]1O. The van der Waals surface area contributed by atoms with Gasteiger partial charge in [0.15, 0.2) is 30.8 Å². The lowest BCUT2D eigenvalue weighted by atomic mass is 9.40. The number of aliphatic hydroxyl groups excluding tert-OH is 8. The smallest absolute Gasteiger partial charge is 0.397 e. The summed E-state index contributed by atoms with van der Waals surface area (Å²) in [5.74, 6) is -1.24. The molecule has 0 radical (unpaired) electrons. The molecule has 82 heavy (non-hydrogen) atoms. The van der Waals surface area contributed by atoms with Gasteiger partial charge in [0.25, 0.3) is 0 Å². The Bertz CT molecular complexity index is 2510. The van der Waals surface area contributed by atoms with Gasteiger partial charge in [0.1, 0.15) is 96.5 Å². The van der Waals surface area contributed by atoms with Crippen LogP contribution in [0.3, 0.4) is 0 Å². The maximum Gasteiger partial charge on any atom is 0.397 e. The van der Waals surface area contributed by atoms with Crippen LogP contribution in [0.25, 0.3) is 0 Å². The van der Waals surface area contributed by atoms with Crippen molar-refractivity contribution in [3.05, 3.63) is 23.3 Å². The average molecular weight is 1200 g/mol. The molecule has 468 valence electrons. The summed E-state index contributed by atoms with van der Waals surface area (Å²) in [5, 5.41) is 102. The van der Waals surface area contributed by atoms with Crippen LogP contribution in [0.4, 0.5) is 0 Å². The van der Waals surface area contributed by atoms with Gasteiger partial charge in [-0.1, -0.05) is 51.0 Å². The molecule has 5 saturated heterocycles. The first kappa shape index (κ1) is 64.1. The average Bonchev–Trinajstić information content (AvgIpc) is 1.92. The van der Waals surface area contributed by atoms with Crippen molar-refractivity contribution in [3.8, 4) is 0 Å². The molecule has 0 aromatic heterocycles. The molecule has 0 bridgehead atoms. The first-order valence-corrected chi connectivity index (χ1v) is 29.8. The van der Waals surface area contributed by atoms with Gasteiger partial charge in [-0.3, -0.25) is 14.1 Å². The Hall–Kier alpha value is -2.43. The number of fused-ring (bicyclic) bond motifs is 4. The normalized spacial score (nSPS) is 50.0. The molecule has 3 saturated carbocycles. The van der Waals surface area contributed by atoms with Crippen LogP contribution in [-0.4, -0.2) is 232 Å². The Labute approximate surface area is 477 Å². The number of allylic oxidation sites excluding steroid dienone is 4. The van der Waals surface area contributed by atoms with Crippen LogP contribution in [-0.2, 0) is 76.3 Å². The van der Waals surface area contributed by atoms with Crippen molar-refractivity contribution >= 4 is 22.3 Å². The van der Waals surface area contributed by atoms with E-state index in [9.17, 15) is 68.5 Å². The lowest BCUT2D eigenvalue weighted by Crippen LogP contribution is -2.66. The molecule has 9 aliphatic rings. The van der Waals surface area contributed by atoms with E-state index in [0.717, 1.165) is 11.1 Å². The zero-order chi connectivity index (χ0) is 60.2. The minimum absolute atomic E-state index is 0.0823. The van der Waals surface area contributed by atoms with Crippen LogP contribution in [0.1, 0.15) is 114 Å². The molecule has 5 aliphatic heterocycles. The van der Waals surface area contributed by atoms with Crippen LogP contribution in [0, 0.1) is 33.5 Å². The van der Waals surface area contributed by atoms with Crippen molar-refractivity contribution in [1.82, 2.24) is 0 Å². The molecule has 0 aromatic carbocycles. The lowest BCUT2D eigenvalue weighted by molar-refractivity contribution is -0.382. The Kier molecular flexibility index (Phi) is 18.2. The van der Waals surface area contributed by atoms with E-state index in [-0.39, 0.29) is 24.7 Å². The van der Waals surface area contributed by atoms with Crippen LogP contribution in [0.2, 0.25) is 0 Å². The second-order valence-corrected chi connectivity index (χ2v) is 26.7. The van der Waals surface area contributed by atoms with Gasteiger partial charge in [-0.15, -0.1) is 0 Å². The van der Waals surface area contributed by atoms with Crippen LogP contribution in [0.15, 0.2) is 23.3 Å². The van der Waals surface area contributed by atoms with Gasteiger partial charge >= 0.3 is 22.3 Å². The van der Waals surface area contributed by atoms with Crippen LogP contribution < -0.4 is 0 Å². The maximum absolute atomic E-state index is 14.7. The third kappa shape index (κ3) is 10.6. The van der Waals surface area contributed by atoms with E-state index >= 15 is 0 Å². The molecule has 8 fully saturated rings. The second-order valence-electron chi connectivity index (χ2n) is 25.7. The number of carbonyl (C=O) groups is 2. The summed E-state index contributed by atoms with van der Waals surface area (Å²) in [4.78, 5) is 27.5. The summed E-state index contributed by atoms with van der Waals surface area (Å²) in [5.41, 5.74) is -4.57. The number of hydrogen-bond acceptors (Lipinski definition) is 25. The maximum atomic E-state index is 14.7. The van der Waals surface area contributed by atoms with E-state index in [1.54, 1.807) is 6.92 Å². The number of carbonyl (C=O) groups excluding carboxylic acids is 2. The molecular weight excluding hydrogens is 1110 g/mol. The van der Waals surface area contributed by atoms with Gasteiger partial charge in [-0.2, -0.15) is 8.42 Å². The van der Waals surface area contributed by atoms with Gasteiger partial charge in [-0.05, 0) is 102 Å². The number of methoxy groups -OCH3 is 1. The molecule has 9 rings (SSSR count). The van der Waals surface area contributed by atoms with Crippen LogP contribution in [0.5, 0.6) is 0 Å². The van der Waals surface area contributed by atoms with Gasteiger partial charge in [-0.25, -0.2) is 4.18 Å². The van der Waals surface area contributed by atoms with Gasteiger partial charge in [0, 0.05) is 19.4 Å². The Balaban J connectivity index is 0.916.